The number of halogens is 1. The van der Waals surface area contributed by atoms with Crippen molar-refractivity contribution in [3.63, 3.8) is 0 Å². The number of aromatic hydroxyl groups is 2. The van der Waals surface area contributed by atoms with Gasteiger partial charge in [0.05, 0.1) is 5.56 Å². The van der Waals surface area contributed by atoms with Crippen molar-refractivity contribution in [3.8, 4) is 22.6 Å². The zero-order valence-corrected chi connectivity index (χ0v) is 11.7. The molecule has 0 spiro atoms. The molecule has 4 nitrogen and oxygen atoms in total. The van der Waals surface area contributed by atoms with Gasteiger partial charge in [0.15, 0.2) is 11.5 Å². The summed E-state index contributed by atoms with van der Waals surface area (Å²) < 4.78 is 6.13. The van der Waals surface area contributed by atoms with E-state index >= 15 is 0 Å². The van der Waals surface area contributed by atoms with Crippen molar-refractivity contribution in [3.05, 3.63) is 57.4 Å². The van der Waals surface area contributed by atoms with Crippen LogP contribution in [0, 0.1) is 0 Å². The minimum absolute atomic E-state index is 0.235. The summed E-state index contributed by atoms with van der Waals surface area (Å²) in [5.41, 5.74) is 0.802. The summed E-state index contributed by atoms with van der Waals surface area (Å²) in [6.07, 6.45) is 0. The van der Waals surface area contributed by atoms with Crippen LogP contribution in [0.3, 0.4) is 0 Å². The second-order valence-electron chi connectivity index (χ2n) is 4.33. The van der Waals surface area contributed by atoms with E-state index in [1.807, 2.05) is 6.07 Å². The molecule has 2 aromatic carbocycles. The van der Waals surface area contributed by atoms with E-state index < -0.39 is 5.63 Å². The molecule has 0 aliphatic heterocycles. The molecule has 100 valence electrons. The molecule has 1 heterocycles. The Hall–Kier alpha value is -2.27. The first-order chi connectivity index (χ1) is 9.54. The highest BCUT2D eigenvalue weighted by molar-refractivity contribution is 9.10. The van der Waals surface area contributed by atoms with Gasteiger partial charge in [0.2, 0.25) is 0 Å². The fraction of sp³-hybridized carbons (Fsp3) is 0. The largest absolute Gasteiger partial charge is 0.504 e. The van der Waals surface area contributed by atoms with Gasteiger partial charge < -0.3 is 14.6 Å². The minimum atomic E-state index is -0.495. The third kappa shape index (κ3) is 2.16. The van der Waals surface area contributed by atoms with Crippen LogP contribution in [-0.4, -0.2) is 10.2 Å². The number of phenols is 2. The van der Waals surface area contributed by atoms with Crippen molar-refractivity contribution in [1.29, 1.82) is 0 Å². The van der Waals surface area contributed by atoms with Gasteiger partial charge in [0.25, 0.3) is 0 Å². The van der Waals surface area contributed by atoms with Crippen LogP contribution in [0.4, 0.5) is 0 Å². The Morgan fingerprint density at radius 1 is 0.950 bits per heavy atom. The van der Waals surface area contributed by atoms with E-state index in [0.29, 0.717) is 16.7 Å². The van der Waals surface area contributed by atoms with Gasteiger partial charge in [-0.3, -0.25) is 0 Å². The fourth-order valence-corrected chi connectivity index (χ4v) is 2.37. The summed E-state index contributed by atoms with van der Waals surface area (Å²) in [6.45, 7) is 0. The second kappa shape index (κ2) is 4.68. The molecule has 2 N–H and O–H groups in total. The van der Waals surface area contributed by atoms with Crippen molar-refractivity contribution >= 4 is 26.9 Å². The number of phenolic OH excluding ortho intramolecular Hbond substituents is 2. The van der Waals surface area contributed by atoms with Crippen LogP contribution >= 0.6 is 15.9 Å². The van der Waals surface area contributed by atoms with Gasteiger partial charge in [0, 0.05) is 9.86 Å². The van der Waals surface area contributed by atoms with Crippen molar-refractivity contribution in [2.45, 2.75) is 0 Å². The number of hydrogen-bond donors (Lipinski definition) is 2. The van der Waals surface area contributed by atoms with E-state index in [9.17, 15) is 15.0 Å². The molecular formula is C15H9BrO4. The quantitative estimate of drug-likeness (QED) is 0.527. The third-order valence-corrected chi connectivity index (χ3v) is 3.47. The fourth-order valence-electron chi connectivity index (χ4n) is 1.99. The van der Waals surface area contributed by atoms with Gasteiger partial charge in [-0.2, -0.15) is 0 Å². The van der Waals surface area contributed by atoms with Crippen molar-refractivity contribution in [2.24, 2.45) is 0 Å². The van der Waals surface area contributed by atoms with Crippen LogP contribution < -0.4 is 5.63 Å². The molecule has 0 fully saturated rings. The van der Waals surface area contributed by atoms with E-state index in [1.165, 1.54) is 12.1 Å². The monoisotopic (exact) mass is 332 g/mol. The molecule has 0 aliphatic rings. The Labute approximate surface area is 122 Å². The summed E-state index contributed by atoms with van der Waals surface area (Å²) in [5, 5.41) is 19.6. The summed E-state index contributed by atoms with van der Waals surface area (Å²) in [4.78, 5) is 12.0. The summed E-state index contributed by atoms with van der Waals surface area (Å²) >= 11 is 3.36. The molecule has 3 aromatic rings. The highest BCUT2D eigenvalue weighted by atomic mass is 79.9. The van der Waals surface area contributed by atoms with Gasteiger partial charge >= 0.3 is 5.63 Å². The normalized spacial score (nSPS) is 10.8. The maximum atomic E-state index is 12.0. The van der Waals surface area contributed by atoms with E-state index in [1.54, 1.807) is 24.3 Å². The van der Waals surface area contributed by atoms with Crippen LogP contribution in [0.15, 0.2) is 56.1 Å². The molecule has 0 amide bonds. The number of benzene rings is 2. The smallest absolute Gasteiger partial charge is 0.344 e. The number of hydrogen-bond acceptors (Lipinski definition) is 4. The molecule has 5 heteroatoms. The molecule has 20 heavy (non-hydrogen) atoms. The lowest BCUT2D eigenvalue weighted by atomic mass is 10.1. The molecule has 0 radical (unpaired) electrons. The molecule has 0 saturated heterocycles. The van der Waals surface area contributed by atoms with Crippen molar-refractivity contribution in [1.82, 2.24) is 0 Å². The zero-order chi connectivity index (χ0) is 14.3. The summed E-state index contributed by atoms with van der Waals surface area (Å²) in [5.74, 6) is -0.516. The molecule has 0 unspecified atom stereocenters. The standard InChI is InChI=1S/C15H9BrO4/c16-10-2-4-14-9(5-10)6-11(15(19)20-14)8-1-3-12(17)13(18)7-8/h1-7,17-18H. The number of rotatable bonds is 1. The molecule has 0 atom stereocenters. The van der Waals surface area contributed by atoms with Crippen LogP contribution in [0.2, 0.25) is 0 Å². The van der Waals surface area contributed by atoms with Gasteiger partial charge in [-0.1, -0.05) is 22.0 Å². The van der Waals surface area contributed by atoms with Crippen molar-refractivity contribution < 1.29 is 14.6 Å². The minimum Gasteiger partial charge on any atom is -0.504 e. The maximum absolute atomic E-state index is 12.0. The summed E-state index contributed by atoms with van der Waals surface area (Å²) in [7, 11) is 0. The SMILES string of the molecule is O=c1oc2ccc(Br)cc2cc1-c1ccc(O)c(O)c1. The molecule has 0 aliphatic carbocycles. The predicted molar refractivity (Wildman–Crippen MR) is 78.9 cm³/mol. The van der Waals surface area contributed by atoms with Crippen LogP contribution in [0.1, 0.15) is 0 Å². The average Bonchev–Trinajstić information content (AvgIpc) is 2.42. The Morgan fingerprint density at radius 3 is 2.50 bits per heavy atom. The van der Waals surface area contributed by atoms with E-state index in [0.717, 1.165) is 9.86 Å². The highest BCUT2D eigenvalue weighted by Crippen LogP contribution is 2.30. The first kappa shape index (κ1) is 12.7. The molecule has 0 bridgehead atoms. The van der Waals surface area contributed by atoms with E-state index in [-0.39, 0.29) is 11.5 Å². The Bertz CT molecular complexity index is 867. The lowest BCUT2D eigenvalue weighted by molar-refractivity contribution is 0.404. The van der Waals surface area contributed by atoms with Crippen molar-refractivity contribution in [2.75, 3.05) is 0 Å². The molecule has 0 saturated carbocycles. The molecular weight excluding hydrogens is 324 g/mol. The first-order valence-corrected chi connectivity index (χ1v) is 6.59. The van der Waals surface area contributed by atoms with E-state index in [2.05, 4.69) is 15.9 Å². The third-order valence-electron chi connectivity index (χ3n) is 2.98. The first-order valence-electron chi connectivity index (χ1n) is 5.80. The van der Waals surface area contributed by atoms with Crippen LogP contribution in [0.25, 0.3) is 22.1 Å². The topological polar surface area (TPSA) is 70.7 Å². The Kier molecular flexibility index (Phi) is 2.99. The van der Waals surface area contributed by atoms with E-state index in [4.69, 9.17) is 4.42 Å². The Balaban J connectivity index is 2.27. The lowest BCUT2D eigenvalue weighted by Crippen LogP contribution is -2.02. The van der Waals surface area contributed by atoms with Crippen LogP contribution in [-0.2, 0) is 0 Å². The summed E-state index contributed by atoms with van der Waals surface area (Å²) in [6, 6.07) is 11.2. The number of fused-ring (bicyclic) bond motifs is 1. The lowest BCUT2D eigenvalue weighted by Gasteiger charge is -2.04. The van der Waals surface area contributed by atoms with Gasteiger partial charge in [-0.15, -0.1) is 0 Å². The van der Waals surface area contributed by atoms with Gasteiger partial charge in [-0.05, 0) is 42.0 Å². The van der Waals surface area contributed by atoms with Gasteiger partial charge in [0.1, 0.15) is 5.58 Å². The zero-order valence-electron chi connectivity index (χ0n) is 10.1. The maximum Gasteiger partial charge on any atom is 0.344 e. The highest BCUT2D eigenvalue weighted by Gasteiger charge is 2.10. The average molecular weight is 333 g/mol. The second-order valence-corrected chi connectivity index (χ2v) is 5.25. The predicted octanol–water partition coefficient (Wildman–Crippen LogP) is 3.63. The van der Waals surface area contributed by atoms with Crippen LogP contribution in [0.5, 0.6) is 11.5 Å². The molecule has 1 aromatic heterocycles. The Morgan fingerprint density at radius 2 is 1.75 bits per heavy atom. The van der Waals surface area contributed by atoms with Gasteiger partial charge in [-0.25, -0.2) is 4.79 Å². The molecule has 3 rings (SSSR count).